The van der Waals surface area contributed by atoms with Crippen molar-refractivity contribution in [3.63, 3.8) is 0 Å². The average Bonchev–Trinajstić information content (AvgIpc) is 2.63. The first-order valence-corrected chi connectivity index (χ1v) is 5.95. The van der Waals surface area contributed by atoms with Crippen LogP contribution in [0.5, 0.6) is 0 Å². The Morgan fingerprint density at radius 1 is 1.50 bits per heavy atom. The van der Waals surface area contributed by atoms with Crippen LogP contribution in [0.25, 0.3) is 0 Å². The van der Waals surface area contributed by atoms with Crippen molar-refractivity contribution >= 4 is 41.3 Å². The van der Waals surface area contributed by atoms with Crippen molar-refractivity contribution in [1.82, 2.24) is 9.88 Å². The molecule has 0 bridgehead atoms. The van der Waals surface area contributed by atoms with Crippen LogP contribution in [0.2, 0.25) is 0 Å². The molecule has 0 saturated heterocycles. The van der Waals surface area contributed by atoms with E-state index in [4.69, 9.17) is 5.73 Å². The van der Waals surface area contributed by atoms with Crippen molar-refractivity contribution < 1.29 is 0 Å². The number of hydrogen-bond donors (Lipinski definition) is 1. The van der Waals surface area contributed by atoms with Crippen LogP contribution in [0, 0.1) is 6.92 Å². The van der Waals surface area contributed by atoms with Gasteiger partial charge in [-0.05, 0) is 20.8 Å². The molecule has 0 saturated carbocycles. The number of rotatable bonds is 4. The summed E-state index contributed by atoms with van der Waals surface area (Å²) in [7, 11) is 0. The van der Waals surface area contributed by atoms with E-state index in [1.165, 1.54) is 0 Å². The van der Waals surface area contributed by atoms with E-state index in [1.807, 2.05) is 18.0 Å². The quantitative estimate of drug-likeness (QED) is 0.513. The van der Waals surface area contributed by atoms with Gasteiger partial charge in [0.2, 0.25) is 0 Å². The molecule has 6 heteroatoms. The summed E-state index contributed by atoms with van der Waals surface area (Å²) in [6, 6.07) is 0. The molecule has 4 nitrogen and oxygen atoms in total. The summed E-state index contributed by atoms with van der Waals surface area (Å²) in [4.78, 5) is 11.7. The lowest BCUT2D eigenvalue weighted by Gasteiger charge is -2.19. The van der Waals surface area contributed by atoms with Gasteiger partial charge in [-0.15, -0.1) is 35.3 Å². The van der Waals surface area contributed by atoms with E-state index in [1.54, 1.807) is 11.3 Å². The van der Waals surface area contributed by atoms with Crippen LogP contribution in [0.3, 0.4) is 0 Å². The normalized spacial score (nSPS) is 11.1. The van der Waals surface area contributed by atoms with Crippen molar-refractivity contribution in [2.75, 3.05) is 13.1 Å². The van der Waals surface area contributed by atoms with Gasteiger partial charge in [0.05, 0.1) is 11.6 Å². The van der Waals surface area contributed by atoms with Gasteiger partial charge in [0.25, 0.3) is 0 Å². The van der Waals surface area contributed by atoms with E-state index >= 15 is 0 Å². The number of guanidine groups is 1. The number of aromatic nitrogens is 1. The van der Waals surface area contributed by atoms with Crippen LogP contribution in [0.4, 0.5) is 0 Å². The molecule has 92 valence electrons. The number of nitrogens with two attached hydrogens (primary N) is 1. The fourth-order valence-electron chi connectivity index (χ4n) is 1.28. The Balaban J connectivity index is 0.00000225. The van der Waals surface area contributed by atoms with Gasteiger partial charge in [-0.25, -0.2) is 9.98 Å². The molecule has 0 unspecified atom stereocenters. The zero-order valence-corrected chi connectivity index (χ0v) is 13.1. The third-order valence-electron chi connectivity index (χ3n) is 2.15. The second-order valence-electron chi connectivity index (χ2n) is 3.19. The highest BCUT2D eigenvalue weighted by atomic mass is 127. The van der Waals surface area contributed by atoms with Gasteiger partial charge in [0, 0.05) is 24.2 Å². The van der Waals surface area contributed by atoms with Gasteiger partial charge in [0.1, 0.15) is 0 Å². The molecule has 1 heterocycles. The standard InChI is InChI=1S/C10H18N4S.HI/c1-4-14(5-2)10(11)13-7-9-6-12-8(3)15-9;/h6H,4-5,7H2,1-3H3,(H2,11,13);1H. The van der Waals surface area contributed by atoms with Gasteiger partial charge in [-0.3, -0.25) is 0 Å². The molecule has 0 fully saturated rings. The monoisotopic (exact) mass is 354 g/mol. The molecule has 0 aliphatic carbocycles. The molecule has 0 aromatic carbocycles. The molecule has 1 aromatic rings. The SMILES string of the molecule is CCN(CC)C(N)=NCc1cnc(C)s1.I. The highest BCUT2D eigenvalue weighted by molar-refractivity contribution is 14.0. The maximum Gasteiger partial charge on any atom is 0.191 e. The first kappa shape index (κ1) is 15.6. The molecule has 16 heavy (non-hydrogen) atoms. The maximum atomic E-state index is 5.85. The Morgan fingerprint density at radius 3 is 2.56 bits per heavy atom. The van der Waals surface area contributed by atoms with E-state index in [2.05, 4.69) is 23.8 Å². The van der Waals surface area contributed by atoms with Crippen LogP contribution in [0.15, 0.2) is 11.2 Å². The first-order chi connectivity index (χ1) is 7.17. The first-order valence-electron chi connectivity index (χ1n) is 5.13. The summed E-state index contributed by atoms with van der Waals surface area (Å²) in [5.41, 5.74) is 5.85. The van der Waals surface area contributed by atoms with Crippen molar-refractivity contribution in [2.24, 2.45) is 10.7 Å². The molecular weight excluding hydrogens is 335 g/mol. The fraction of sp³-hybridized carbons (Fsp3) is 0.600. The minimum Gasteiger partial charge on any atom is -0.370 e. The largest absolute Gasteiger partial charge is 0.370 e. The van der Waals surface area contributed by atoms with Crippen LogP contribution in [0.1, 0.15) is 23.7 Å². The zero-order chi connectivity index (χ0) is 11.3. The molecule has 0 atom stereocenters. The second kappa shape index (κ2) is 7.83. The third-order valence-corrected chi connectivity index (χ3v) is 3.05. The molecule has 0 spiro atoms. The number of halogens is 1. The van der Waals surface area contributed by atoms with Crippen molar-refractivity contribution in [3.8, 4) is 0 Å². The summed E-state index contributed by atoms with van der Waals surface area (Å²) in [5.74, 6) is 0.617. The van der Waals surface area contributed by atoms with Crippen molar-refractivity contribution in [2.45, 2.75) is 27.3 Å². The van der Waals surface area contributed by atoms with E-state index in [0.717, 1.165) is 23.0 Å². The maximum absolute atomic E-state index is 5.85. The van der Waals surface area contributed by atoms with Gasteiger partial charge in [-0.2, -0.15) is 0 Å². The van der Waals surface area contributed by atoms with Gasteiger partial charge in [-0.1, -0.05) is 0 Å². The molecule has 0 amide bonds. The summed E-state index contributed by atoms with van der Waals surface area (Å²) in [6.45, 7) is 8.56. The zero-order valence-electron chi connectivity index (χ0n) is 9.93. The minimum absolute atomic E-state index is 0. The predicted molar refractivity (Wildman–Crippen MR) is 80.5 cm³/mol. The van der Waals surface area contributed by atoms with Gasteiger partial charge >= 0.3 is 0 Å². The van der Waals surface area contributed by atoms with E-state index in [-0.39, 0.29) is 24.0 Å². The number of aryl methyl sites for hydroxylation is 1. The fourth-order valence-corrected chi connectivity index (χ4v) is 2.00. The minimum atomic E-state index is 0. The lowest BCUT2D eigenvalue weighted by Crippen LogP contribution is -2.36. The van der Waals surface area contributed by atoms with E-state index in [0.29, 0.717) is 12.5 Å². The number of thiazole rings is 1. The molecule has 1 rings (SSSR count). The lowest BCUT2D eigenvalue weighted by atomic mass is 10.5. The molecule has 2 N–H and O–H groups in total. The van der Waals surface area contributed by atoms with Crippen LogP contribution in [-0.4, -0.2) is 28.9 Å². The molecule has 0 radical (unpaired) electrons. The molecular formula is C10H19IN4S. The second-order valence-corrected chi connectivity index (χ2v) is 4.51. The van der Waals surface area contributed by atoms with Gasteiger partial charge in [0.15, 0.2) is 5.96 Å². The summed E-state index contributed by atoms with van der Waals surface area (Å²) >= 11 is 1.66. The topological polar surface area (TPSA) is 54.5 Å². The number of nitrogens with zero attached hydrogens (tertiary/aromatic N) is 3. The van der Waals surface area contributed by atoms with Crippen LogP contribution < -0.4 is 5.73 Å². The smallest absolute Gasteiger partial charge is 0.191 e. The highest BCUT2D eigenvalue weighted by Gasteiger charge is 2.02. The summed E-state index contributed by atoms with van der Waals surface area (Å²) in [6.07, 6.45) is 1.86. The summed E-state index contributed by atoms with van der Waals surface area (Å²) in [5, 5.41) is 1.07. The molecule has 0 aliphatic heterocycles. The molecule has 1 aromatic heterocycles. The Hall–Kier alpha value is -0.370. The lowest BCUT2D eigenvalue weighted by molar-refractivity contribution is 0.458. The van der Waals surface area contributed by atoms with Crippen LogP contribution >= 0.6 is 35.3 Å². The Kier molecular flexibility index (Phi) is 7.65. The summed E-state index contributed by atoms with van der Waals surface area (Å²) < 4.78 is 0. The van der Waals surface area contributed by atoms with Crippen molar-refractivity contribution in [3.05, 3.63) is 16.1 Å². The Bertz CT molecular complexity index is 333. The van der Waals surface area contributed by atoms with E-state index < -0.39 is 0 Å². The predicted octanol–water partition coefficient (Wildman–Crippen LogP) is 2.23. The highest BCUT2D eigenvalue weighted by Crippen LogP contribution is 2.12. The third kappa shape index (κ3) is 4.65. The van der Waals surface area contributed by atoms with Crippen LogP contribution in [-0.2, 0) is 6.54 Å². The van der Waals surface area contributed by atoms with Gasteiger partial charge < -0.3 is 10.6 Å². The molecule has 0 aliphatic rings. The van der Waals surface area contributed by atoms with Crippen molar-refractivity contribution in [1.29, 1.82) is 0 Å². The Labute approximate surface area is 118 Å². The number of aliphatic imine (C=N–C) groups is 1. The average molecular weight is 354 g/mol. The van der Waals surface area contributed by atoms with E-state index in [9.17, 15) is 0 Å². The number of hydrogen-bond acceptors (Lipinski definition) is 3. The Morgan fingerprint density at radius 2 is 2.12 bits per heavy atom.